The van der Waals surface area contributed by atoms with Crippen molar-refractivity contribution >= 4 is 22.3 Å². The van der Waals surface area contributed by atoms with Crippen molar-refractivity contribution < 1.29 is 4.52 Å². The van der Waals surface area contributed by atoms with Crippen LogP contribution in [0.25, 0.3) is 27.7 Å². The van der Waals surface area contributed by atoms with Crippen molar-refractivity contribution in [1.82, 2.24) is 20.1 Å². The molecular weight excluding hydrogens is 366 g/mol. The van der Waals surface area contributed by atoms with Gasteiger partial charge in [0.2, 0.25) is 0 Å². The number of aromatic amines is 1. The van der Waals surface area contributed by atoms with Crippen LogP contribution in [0.5, 0.6) is 0 Å². The molecule has 2 N–H and O–H groups in total. The van der Waals surface area contributed by atoms with Crippen LogP contribution in [0.2, 0.25) is 0 Å². The van der Waals surface area contributed by atoms with Crippen LogP contribution in [0.15, 0.2) is 32.6 Å². The van der Waals surface area contributed by atoms with E-state index in [0.717, 1.165) is 50.5 Å². The number of nitrogens with one attached hydrogen (secondary N) is 2. The van der Waals surface area contributed by atoms with Crippen LogP contribution >= 0.6 is 0 Å². The standard InChI is InChI=1S/C19H23N5O2.C3H8/c1-7-14(10(2)22-20-5)15-8-13(17-11(3)23-26-12(17)4)9-16-18(15)24(6)19(25)21-16;1-3-2/h7-9,20H,1-6H3,(H,21,25);3H2,1-2H3/b14-7+,22-10-;. The maximum absolute atomic E-state index is 12.2. The minimum absolute atomic E-state index is 0.157. The summed E-state index contributed by atoms with van der Waals surface area (Å²) < 4.78 is 6.95. The summed E-state index contributed by atoms with van der Waals surface area (Å²) >= 11 is 0. The number of H-pyrrole nitrogens is 1. The fourth-order valence-corrected chi connectivity index (χ4v) is 3.42. The first-order valence-corrected chi connectivity index (χ1v) is 9.84. The van der Waals surface area contributed by atoms with E-state index < -0.39 is 0 Å². The Bertz CT molecular complexity index is 1090. The molecule has 0 amide bonds. The normalized spacial score (nSPS) is 12.1. The second-order valence-electron chi connectivity index (χ2n) is 6.94. The molecule has 0 saturated heterocycles. The molecule has 0 aliphatic carbocycles. The lowest BCUT2D eigenvalue weighted by molar-refractivity contribution is 0.393. The van der Waals surface area contributed by atoms with Crippen molar-refractivity contribution in [2.24, 2.45) is 12.1 Å². The molecule has 156 valence electrons. The zero-order chi connectivity index (χ0) is 21.7. The monoisotopic (exact) mass is 397 g/mol. The molecule has 0 aliphatic rings. The van der Waals surface area contributed by atoms with Crippen molar-refractivity contribution in [2.75, 3.05) is 7.05 Å². The average molecular weight is 398 g/mol. The molecule has 0 saturated carbocycles. The zero-order valence-corrected chi connectivity index (χ0v) is 18.6. The molecule has 0 spiro atoms. The Hall–Kier alpha value is -3.09. The highest BCUT2D eigenvalue weighted by Crippen LogP contribution is 2.34. The number of hydrogen-bond acceptors (Lipinski definition) is 5. The summed E-state index contributed by atoms with van der Waals surface area (Å²) in [5.74, 6) is 0.744. The Morgan fingerprint density at radius 1 is 1.34 bits per heavy atom. The lowest BCUT2D eigenvalue weighted by Gasteiger charge is -2.12. The Morgan fingerprint density at radius 2 is 2.00 bits per heavy atom. The van der Waals surface area contributed by atoms with Crippen LogP contribution < -0.4 is 11.1 Å². The van der Waals surface area contributed by atoms with E-state index in [1.54, 1.807) is 18.7 Å². The van der Waals surface area contributed by atoms with Gasteiger partial charge in [-0.25, -0.2) is 4.79 Å². The SMILES string of the molecule is C/C=C(\C(C)=N/NC)c1cc(-c2c(C)noc2C)cc2[nH]c(=O)n(C)c12.CCC. The second-order valence-corrected chi connectivity index (χ2v) is 6.94. The predicted molar refractivity (Wildman–Crippen MR) is 120 cm³/mol. The highest BCUT2D eigenvalue weighted by Gasteiger charge is 2.19. The van der Waals surface area contributed by atoms with Gasteiger partial charge < -0.3 is 14.9 Å². The minimum Gasteiger partial charge on any atom is -0.361 e. The Labute approximate surface area is 171 Å². The fourth-order valence-electron chi connectivity index (χ4n) is 3.42. The molecule has 0 fully saturated rings. The summed E-state index contributed by atoms with van der Waals surface area (Å²) in [7, 11) is 3.52. The van der Waals surface area contributed by atoms with Gasteiger partial charge in [0, 0.05) is 30.8 Å². The molecule has 7 nitrogen and oxygen atoms in total. The lowest BCUT2D eigenvalue weighted by Crippen LogP contribution is -2.13. The number of benzene rings is 1. The van der Waals surface area contributed by atoms with Gasteiger partial charge in [-0.3, -0.25) is 4.57 Å². The third-order valence-electron chi connectivity index (χ3n) is 4.56. The maximum atomic E-state index is 12.2. The molecule has 7 heteroatoms. The van der Waals surface area contributed by atoms with E-state index in [9.17, 15) is 4.79 Å². The highest BCUT2D eigenvalue weighted by atomic mass is 16.5. The highest BCUT2D eigenvalue weighted by molar-refractivity contribution is 6.25. The topological polar surface area (TPSA) is 88.2 Å². The molecule has 29 heavy (non-hydrogen) atoms. The van der Waals surface area contributed by atoms with E-state index in [0.29, 0.717) is 0 Å². The number of fused-ring (bicyclic) bond motifs is 1. The van der Waals surface area contributed by atoms with E-state index >= 15 is 0 Å². The predicted octanol–water partition coefficient (Wildman–Crippen LogP) is 4.55. The van der Waals surface area contributed by atoms with Gasteiger partial charge in [0.05, 0.1) is 22.4 Å². The third kappa shape index (κ3) is 4.34. The molecule has 2 aromatic heterocycles. The summed E-state index contributed by atoms with van der Waals surface area (Å²) in [6, 6.07) is 4.02. The molecule has 0 aliphatic heterocycles. The van der Waals surface area contributed by atoms with Crippen LogP contribution in [0.3, 0.4) is 0 Å². The molecule has 3 aromatic rings. The van der Waals surface area contributed by atoms with Crippen LogP contribution in [0.1, 0.15) is 51.1 Å². The number of imidazole rings is 1. The molecule has 1 aromatic carbocycles. The first kappa shape index (κ1) is 22.2. The van der Waals surface area contributed by atoms with Gasteiger partial charge in [0.1, 0.15) is 5.76 Å². The summed E-state index contributed by atoms with van der Waals surface area (Å²) in [6.07, 6.45) is 3.25. The van der Waals surface area contributed by atoms with Gasteiger partial charge in [-0.05, 0) is 45.4 Å². The zero-order valence-electron chi connectivity index (χ0n) is 18.6. The van der Waals surface area contributed by atoms with E-state index in [-0.39, 0.29) is 5.69 Å². The van der Waals surface area contributed by atoms with Crippen LogP contribution in [-0.4, -0.2) is 27.5 Å². The molecule has 0 radical (unpaired) electrons. The molecule has 0 bridgehead atoms. The average Bonchev–Trinajstić information content (AvgIpc) is 3.15. The van der Waals surface area contributed by atoms with Crippen molar-refractivity contribution in [3.8, 4) is 11.1 Å². The van der Waals surface area contributed by atoms with Gasteiger partial charge >= 0.3 is 5.69 Å². The number of allylic oxidation sites excluding steroid dienone is 2. The number of nitrogens with zero attached hydrogens (tertiary/aromatic N) is 3. The molecule has 0 unspecified atom stereocenters. The van der Waals surface area contributed by atoms with E-state index in [1.807, 2.05) is 39.8 Å². The molecule has 3 rings (SSSR count). The summed E-state index contributed by atoms with van der Waals surface area (Å²) in [5, 5.41) is 8.37. The lowest BCUT2D eigenvalue weighted by atomic mass is 9.94. The van der Waals surface area contributed by atoms with Crippen LogP contribution in [0, 0.1) is 13.8 Å². The largest absolute Gasteiger partial charge is 0.361 e. The Kier molecular flexibility index (Phi) is 7.20. The quantitative estimate of drug-likeness (QED) is 0.499. The maximum Gasteiger partial charge on any atom is 0.326 e. The third-order valence-corrected chi connectivity index (χ3v) is 4.56. The van der Waals surface area contributed by atoms with Gasteiger partial charge in [0.25, 0.3) is 0 Å². The number of rotatable bonds is 4. The number of hydrazone groups is 1. The minimum atomic E-state index is -0.157. The van der Waals surface area contributed by atoms with Gasteiger partial charge in [-0.2, -0.15) is 5.10 Å². The van der Waals surface area contributed by atoms with Crippen molar-refractivity contribution in [2.45, 2.75) is 48.0 Å². The number of hydrogen-bond donors (Lipinski definition) is 2. The summed E-state index contributed by atoms with van der Waals surface area (Å²) in [5.41, 5.74) is 9.69. The van der Waals surface area contributed by atoms with Gasteiger partial charge in [-0.15, -0.1) is 0 Å². The first-order chi connectivity index (χ1) is 13.8. The number of aryl methyl sites for hydroxylation is 3. The van der Waals surface area contributed by atoms with Crippen LogP contribution in [0.4, 0.5) is 0 Å². The van der Waals surface area contributed by atoms with Crippen molar-refractivity contribution in [3.63, 3.8) is 0 Å². The molecular formula is C22H31N5O2. The van der Waals surface area contributed by atoms with E-state index in [1.165, 1.54) is 6.42 Å². The smallest absolute Gasteiger partial charge is 0.326 e. The van der Waals surface area contributed by atoms with Crippen LogP contribution in [-0.2, 0) is 7.05 Å². The van der Waals surface area contributed by atoms with Gasteiger partial charge in [-0.1, -0.05) is 31.5 Å². The van der Waals surface area contributed by atoms with E-state index in [2.05, 4.69) is 40.6 Å². The fraction of sp³-hybridized carbons (Fsp3) is 0.409. The number of aromatic nitrogens is 3. The first-order valence-electron chi connectivity index (χ1n) is 9.84. The Morgan fingerprint density at radius 3 is 2.52 bits per heavy atom. The molecule has 2 heterocycles. The summed E-state index contributed by atoms with van der Waals surface area (Å²) in [4.78, 5) is 15.2. The van der Waals surface area contributed by atoms with Gasteiger partial charge in [0.15, 0.2) is 0 Å². The molecule has 0 atom stereocenters. The second kappa shape index (κ2) is 9.41. The van der Waals surface area contributed by atoms with Crippen molar-refractivity contribution in [1.29, 1.82) is 0 Å². The Balaban J connectivity index is 0.000000941. The summed E-state index contributed by atoms with van der Waals surface area (Å²) in [6.45, 7) is 11.9. The van der Waals surface area contributed by atoms with E-state index in [4.69, 9.17) is 4.52 Å². The van der Waals surface area contributed by atoms with Crippen molar-refractivity contribution in [3.05, 3.63) is 45.7 Å².